The second-order valence-electron chi connectivity index (χ2n) is 8.83. The normalized spacial score (nSPS) is 22.3. The van der Waals surface area contributed by atoms with E-state index in [1.807, 2.05) is 30.6 Å². The van der Waals surface area contributed by atoms with E-state index in [1.165, 1.54) is 0 Å². The minimum Gasteiger partial charge on any atom is -0.423 e. The molecular formula is C20H30N4O2. The Hall–Kier alpha value is -2.03. The molecule has 1 atom stereocenters. The van der Waals surface area contributed by atoms with E-state index in [9.17, 15) is 10.1 Å². The predicted molar refractivity (Wildman–Crippen MR) is 99.8 cm³/mol. The van der Waals surface area contributed by atoms with E-state index in [1.54, 1.807) is 0 Å². The molecule has 6 heteroatoms. The van der Waals surface area contributed by atoms with Gasteiger partial charge in [-0.1, -0.05) is 27.7 Å². The molecule has 0 saturated carbocycles. The van der Waals surface area contributed by atoms with Gasteiger partial charge in [-0.2, -0.15) is 10.2 Å². The van der Waals surface area contributed by atoms with Gasteiger partial charge in [0.1, 0.15) is 6.07 Å². The molecule has 0 aromatic carbocycles. The van der Waals surface area contributed by atoms with Crippen LogP contribution in [-0.4, -0.2) is 42.0 Å². The molecule has 142 valence electrons. The number of hydrogen-bond acceptors (Lipinski definition) is 5. The van der Waals surface area contributed by atoms with Gasteiger partial charge in [-0.3, -0.25) is 4.79 Å². The maximum Gasteiger partial charge on any atom is 0.234 e. The molecule has 26 heavy (non-hydrogen) atoms. The third-order valence-corrected chi connectivity index (χ3v) is 5.51. The summed E-state index contributed by atoms with van der Waals surface area (Å²) in [5.74, 6) is 2.05. The van der Waals surface area contributed by atoms with Crippen LogP contribution in [0.15, 0.2) is 4.42 Å². The highest BCUT2D eigenvalue weighted by molar-refractivity contribution is 5.80. The minimum atomic E-state index is -0.251. The Morgan fingerprint density at radius 3 is 2.54 bits per heavy atom. The van der Waals surface area contributed by atoms with Gasteiger partial charge in [-0.25, -0.2) is 0 Å². The first-order chi connectivity index (χ1) is 12.3. The number of anilines is 1. The molecule has 0 bridgehead atoms. The van der Waals surface area contributed by atoms with Crippen molar-refractivity contribution in [1.29, 1.82) is 5.26 Å². The van der Waals surface area contributed by atoms with Crippen molar-refractivity contribution in [2.24, 2.45) is 11.8 Å². The third kappa shape index (κ3) is 3.87. The summed E-state index contributed by atoms with van der Waals surface area (Å²) in [6, 6.07) is 2.16. The van der Waals surface area contributed by atoms with Crippen molar-refractivity contribution in [3.05, 3.63) is 11.6 Å². The number of aromatic nitrogens is 1. The van der Waals surface area contributed by atoms with Gasteiger partial charge in [0.05, 0.1) is 5.92 Å². The van der Waals surface area contributed by atoms with Crippen LogP contribution in [0.5, 0.6) is 0 Å². The Morgan fingerprint density at radius 2 is 1.92 bits per heavy atom. The Morgan fingerprint density at radius 1 is 1.23 bits per heavy atom. The maximum absolute atomic E-state index is 12.9. The van der Waals surface area contributed by atoms with Crippen LogP contribution in [0.25, 0.3) is 0 Å². The van der Waals surface area contributed by atoms with E-state index < -0.39 is 0 Å². The molecule has 2 aliphatic rings. The lowest BCUT2D eigenvalue weighted by molar-refractivity contribution is -0.137. The van der Waals surface area contributed by atoms with Crippen LogP contribution in [0.2, 0.25) is 0 Å². The number of oxazole rings is 1. The average Bonchev–Trinajstić information content (AvgIpc) is 3.07. The molecule has 0 spiro atoms. The zero-order valence-electron chi connectivity index (χ0n) is 16.4. The van der Waals surface area contributed by atoms with Crippen LogP contribution in [0.1, 0.15) is 65.0 Å². The molecule has 3 rings (SSSR count). The molecule has 0 aliphatic carbocycles. The number of carbonyl (C=O) groups excluding carboxylic acids is 1. The van der Waals surface area contributed by atoms with Crippen molar-refractivity contribution in [2.75, 3.05) is 31.1 Å². The smallest absolute Gasteiger partial charge is 0.234 e. The van der Waals surface area contributed by atoms with Gasteiger partial charge in [0.2, 0.25) is 23.4 Å². The first kappa shape index (κ1) is 18.8. The third-order valence-electron chi connectivity index (χ3n) is 5.51. The van der Waals surface area contributed by atoms with Gasteiger partial charge >= 0.3 is 0 Å². The number of likely N-dealkylation sites (tertiary alicyclic amines) is 1. The second-order valence-corrected chi connectivity index (χ2v) is 8.83. The van der Waals surface area contributed by atoms with Gasteiger partial charge in [0.15, 0.2) is 0 Å². The van der Waals surface area contributed by atoms with Crippen LogP contribution in [0.4, 0.5) is 5.88 Å². The Balaban J connectivity index is 1.74. The zero-order valence-corrected chi connectivity index (χ0v) is 16.4. The molecule has 1 aromatic rings. The molecule has 6 nitrogen and oxygen atoms in total. The lowest BCUT2D eigenvalue weighted by Crippen LogP contribution is -2.47. The van der Waals surface area contributed by atoms with E-state index in [4.69, 9.17) is 4.42 Å². The highest BCUT2D eigenvalue weighted by Crippen LogP contribution is 2.32. The number of piperidine rings is 2. The van der Waals surface area contributed by atoms with E-state index in [0.29, 0.717) is 29.9 Å². The Kier molecular flexibility index (Phi) is 5.27. The van der Waals surface area contributed by atoms with Gasteiger partial charge in [0, 0.05) is 31.6 Å². The van der Waals surface area contributed by atoms with Crippen molar-refractivity contribution in [3.63, 3.8) is 0 Å². The molecule has 0 N–H and O–H groups in total. The van der Waals surface area contributed by atoms with Gasteiger partial charge < -0.3 is 14.2 Å². The number of rotatable bonds is 2. The Labute approximate surface area is 156 Å². The summed E-state index contributed by atoms with van der Waals surface area (Å²) in [5.41, 5.74) is 0.0779. The van der Waals surface area contributed by atoms with Crippen molar-refractivity contribution in [1.82, 2.24) is 9.88 Å². The summed E-state index contributed by atoms with van der Waals surface area (Å²) in [4.78, 5) is 21.4. The zero-order chi connectivity index (χ0) is 18.9. The van der Waals surface area contributed by atoms with Crippen molar-refractivity contribution < 1.29 is 9.21 Å². The summed E-state index contributed by atoms with van der Waals surface area (Å²) >= 11 is 0. The molecule has 2 saturated heterocycles. The topological polar surface area (TPSA) is 73.4 Å². The standard InChI is InChI=1S/C20H30N4O2/c1-14-7-10-23(11-8-14)17(25)15-6-5-9-24(13-15)18-16(12-21)22-19(26-18)20(2,3)4/h14-15H,5-11,13H2,1-4H3/t15-/m0/s1. The fourth-order valence-corrected chi connectivity index (χ4v) is 3.77. The summed E-state index contributed by atoms with van der Waals surface area (Å²) in [5, 5.41) is 9.46. The number of nitriles is 1. The molecule has 0 radical (unpaired) electrons. The molecule has 1 amide bonds. The van der Waals surface area contributed by atoms with Crippen molar-refractivity contribution in [3.8, 4) is 6.07 Å². The fourth-order valence-electron chi connectivity index (χ4n) is 3.77. The van der Waals surface area contributed by atoms with Gasteiger partial charge in [-0.15, -0.1) is 0 Å². The first-order valence-corrected chi connectivity index (χ1v) is 9.74. The monoisotopic (exact) mass is 358 g/mol. The predicted octanol–water partition coefficient (Wildman–Crippen LogP) is 3.32. The van der Waals surface area contributed by atoms with Crippen LogP contribution in [0.3, 0.4) is 0 Å². The molecule has 0 unspecified atom stereocenters. The number of amides is 1. The quantitative estimate of drug-likeness (QED) is 0.811. The highest BCUT2D eigenvalue weighted by Gasteiger charge is 2.34. The molecular weight excluding hydrogens is 328 g/mol. The van der Waals surface area contributed by atoms with Crippen molar-refractivity contribution in [2.45, 2.75) is 58.8 Å². The first-order valence-electron chi connectivity index (χ1n) is 9.74. The number of carbonyl (C=O) groups is 1. The minimum absolute atomic E-state index is 0.0214. The summed E-state index contributed by atoms with van der Waals surface area (Å²) in [6.45, 7) is 11.5. The van der Waals surface area contributed by atoms with Gasteiger partial charge in [0.25, 0.3) is 0 Å². The van der Waals surface area contributed by atoms with E-state index in [2.05, 4.69) is 18.0 Å². The van der Waals surface area contributed by atoms with Gasteiger partial charge in [-0.05, 0) is 31.6 Å². The maximum atomic E-state index is 12.9. The van der Waals surface area contributed by atoms with E-state index in [-0.39, 0.29) is 17.2 Å². The fraction of sp³-hybridized carbons (Fsp3) is 0.750. The van der Waals surface area contributed by atoms with Crippen LogP contribution >= 0.6 is 0 Å². The number of nitrogens with zero attached hydrogens (tertiary/aromatic N) is 4. The van der Waals surface area contributed by atoms with E-state index in [0.717, 1.165) is 45.3 Å². The van der Waals surface area contributed by atoms with E-state index >= 15 is 0 Å². The largest absolute Gasteiger partial charge is 0.423 e. The second kappa shape index (κ2) is 7.30. The van der Waals surface area contributed by atoms with Crippen LogP contribution in [-0.2, 0) is 10.2 Å². The Bertz CT molecular complexity index is 690. The molecule has 2 aliphatic heterocycles. The summed E-state index contributed by atoms with van der Waals surface area (Å²) in [6.07, 6.45) is 4.02. The molecule has 3 heterocycles. The lowest BCUT2D eigenvalue weighted by Gasteiger charge is -2.37. The molecule has 1 aromatic heterocycles. The number of hydrogen-bond donors (Lipinski definition) is 0. The van der Waals surface area contributed by atoms with Crippen LogP contribution in [0, 0.1) is 23.2 Å². The van der Waals surface area contributed by atoms with Crippen LogP contribution < -0.4 is 4.90 Å². The van der Waals surface area contributed by atoms with Crippen molar-refractivity contribution >= 4 is 11.8 Å². The summed E-state index contributed by atoms with van der Waals surface area (Å²) < 4.78 is 5.96. The lowest BCUT2D eigenvalue weighted by atomic mass is 9.93. The molecule has 2 fully saturated rings. The SMILES string of the molecule is CC1CCN(C(=O)[C@H]2CCCN(c3oc(C(C)(C)C)nc3C#N)C2)CC1. The average molecular weight is 358 g/mol. The highest BCUT2D eigenvalue weighted by atomic mass is 16.4. The summed E-state index contributed by atoms with van der Waals surface area (Å²) in [7, 11) is 0.